The number of halogens is 1. The van der Waals surface area contributed by atoms with E-state index in [1.807, 2.05) is 12.3 Å². The number of hydrogen-bond acceptors (Lipinski definition) is 7. The zero-order valence-corrected chi connectivity index (χ0v) is 19.4. The summed E-state index contributed by atoms with van der Waals surface area (Å²) in [6.07, 6.45) is 1.95. The predicted octanol–water partition coefficient (Wildman–Crippen LogP) is 3.67. The van der Waals surface area contributed by atoms with Gasteiger partial charge in [0.1, 0.15) is 5.82 Å². The number of sulfone groups is 1. The van der Waals surface area contributed by atoms with Crippen LogP contribution in [0, 0.1) is 5.82 Å². The van der Waals surface area contributed by atoms with E-state index in [2.05, 4.69) is 17.0 Å². The monoisotopic (exact) mass is 479 g/mol. The van der Waals surface area contributed by atoms with Crippen LogP contribution in [0.3, 0.4) is 0 Å². The summed E-state index contributed by atoms with van der Waals surface area (Å²) in [6.45, 7) is 2.37. The quantitative estimate of drug-likeness (QED) is 0.397. The van der Waals surface area contributed by atoms with Crippen molar-refractivity contribution in [2.45, 2.75) is 16.2 Å². The molecule has 1 saturated heterocycles. The van der Waals surface area contributed by atoms with Crippen molar-refractivity contribution in [3.63, 3.8) is 0 Å². The Kier molecular flexibility index (Phi) is 6.49. The number of anilines is 1. The van der Waals surface area contributed by atoms with Crippen LogP contribution >= 0.6 is 23.1 Å². The average molecular weight is 480 g/mol. The minimum Gasteiger partial charge on any atom is -0.345 e. The van der Waals surface area contributed by atoms with Crippen molar-refractivity contribution in [1.82, 2.24) is 9.88 Å². The van der Waals surface area contributed by atoms with Crippen LogP contribution in [0.1, 0.15) is 6.42 Å². The van der Waals surface area contributed by atoms with Crippen LogP contribution in [0.4, 0.5) is 9.52 Å². The summed E-state index contributed by atoms with van der Waals surface area (Å²) in [5.41, 5.74) is 1.01. The molecule has 2 heterocycles. The molecule has 0 atom stereocenters. The first-order valence-corrected chi connectivity index (χ1v) is 13.5. The lowest BCUT2D eigenvalue weighted by atomic mass is 10.3. The zero-order chi connectivity index (χ0) is 22.0. The lowest BCUT2D eigenvalue weighted by Gasteiger charge is -2.34. The van der Waals surface area contributed by atoms with E-state index in [1.54, 1.807) is 28.0 Å². The third kappa shape index (κ3) is 4.86. The number of rotatable bonds is 6. The summed E-state index contributed by atoms with van der Waals surface area (Å²) in [5, 5.41) is 0.947. The van der Waals surface area contributed by atoms with Gasteiger partial charge in [0.05, 0.1) is 20.9 Å². The highest BCUT2D eigenvalue weighted by atomic mass is 32.2. The third-order valence-electron chi connectivity index (χ3n) is 5.25. The largest absolute Gasteiger partial charge is 0.345 e. The number of nitrogens with zero attached hydrogens (tertiary/aromatic N) is 3. The molecule has 31 heavy (non-hydrogen) atoms. The molecule has 3 aromatic rings. The van der Waals surface area contributed by atoms with Crippen molar-refractivity contribution < 1.29 is 17.6 Å². The fourth-order valence-electron chi connectivity index (χ4n) is 3.50. The first-order valence-electron chi connectivity index (χ1n) is 9.82. The molecule has 0 spiro atoms. The van der Waals surface area contributed by atoms with Gasteiger partial charge < -0.3 is 9.80 Å². The maximum absolute atomic E-state index is 13.0. The molecule has 1 aliphatic heterocycles. The van der Waals surface area contributed by atoms with Crippen LogP contribution in [0.25, 0.3) is 10.2 Å². The van der Waals surface area contributed by atoms with Gasteiger partial charge in [-0.2, -0.15) is 0 Å². The van der Waals surface area contributed by atoms with Gasteiger partial charge in [0.2, 0.25) is 5.91 Å². The number of carbonyl (C=O) groups excluding carboxylic acids is 1. The summed E-state index contributed by atoms with van der Waals surface area (Å²) in [7, 11) is -3.62. The highest BCUT2D eigenvalue weighted by Crippen LogP contribution is 2.34. The molecule has 6 nitrogen and oxygen atoms in total. The standard InChI is InChI=1S/C21H22FN3O3S3/c1-29-17-3-2-4-18-20(17)23-21(30-18)25-12-10-24(11-13-25)19(26)9-14-31(27,28)16-7-5-15(22)6-8-16/h2-8H,9-14H2,1H3. The molecule has 0 N–H and O–H groups in total. The summed E-state index contributed by atoms with van der Waals surface area (Å²) < 4.78 is 39.0. The van der Waals surface area contributed by atoms with Crippen LogP contribution in [-0.2, 0) is 14.6 Å². The van der Waals surface area contributed by atoms with E-state index in [-0.39, 0.29) is 23.0 Å². The van der Waals surface area contributed by atoms with Crippen molar-refractivity contribution in [2.75, 3.05) is 43.1 Å². The number of carbonyl (C=O) groups is 1. The number of amides is 1. The fraction of sp³-hybridized carbons (Fsp3) is 0.333. The third-order valence-corrected chi connectivity index (χ3v) is 8.83. The van der Waals surface area contributed by atoms with E-state index in [0.29, 0.717) is 26.2 Å². The Labute approximate surface area is 189 Å². The molecule has 0 aliphatic carbocycles. The predicted molar refractivity (Wildman–Crippen MR) is 123 cm³/mol. The number of thiazole rings is 1. The molecule has 0 saturated carbocycles. The van der Waals surface area contributed by atoms with Crippen LogP contribution in [0.2, 0.25) is 0 Å². The van der Waals surface area contributed by atoms with E-state index in [9.17, 15) is 17.6 Å². The van der Waals surface area contributed by atoms with Gasteiger partial charge in [-0.25, -0.2) is 17.8 Å². The molecule has 4 rings (SSSR count). The fourth-order valence-corrected chi connectivity index (χ4v) is 6.40. The lowest BCUT2D eigenvalue weighted by Crippen LogP contribution is -2.49. The van der Waals surface area contributed by atoms with Crippen molar-refractivity contribution in [3.05, 3.63) is 48.3 Å². The number of benzene rings is 2. The maximum Gasteiger partial charge on any atom is 0.223 e. The lowest BCUT2D eigenvalue weighted by molar-refractivity contribution is -0.131. The topological polar surface area (TPSA) is 70.6 Å². The first kappa shape index (κ1) is 22.0. The van der Waals surface area contributed by atoms with Gasteiger partial charge in [0, 0.05) is 37.5 Å². The highest BCUT2D eigenvalue weighted by Gasteiger charge is 2.25. The van der Waals surface area contributed by atoms with E-state index in [0.717, 1.165) is 32.4 Å². The minimum absolute atomic E-state index is 0.0342. The van der Waals surface area contributed by atoms with Crippen molar-refractivity contribution >= 4 is 54.2 Å². The first-order chi connectivity index (χ1) is 14.9. The Morgan fingerprint density at radius 2 is 1.84 bits per heavy atom. The minimum atomic E-state index is -3.62. The molecule has 0 unspecified atom stereocenters. The van der Waals surface area contributed by atoms with Crippen molar-refractivity contribution in [3.8, 4) is 0 Å². The summed E-state index contributed by atoms with van der Waals surface area (Å²) in [5.74, 6) is -0.961. The van der Waals surface area contributed by atoms with Gasteiger partial charge in [-0.3, -0.25) is 4.79 Å². The molecule has 0 radical (unpaired) electrons. The molecular formula is C21H22FN3O3S3. The smallest absolute Gasteiger partial charge is 0.223 e. The Morgan fingerprint density at radius 3 is 2.52 bits per heavy atom. The van der Waals surface area contributed by atoms with Crippen molar-refractivity contribution in [2.24, 2.45) is 0 Å². The number of hydrogen-bond donors (Lipinski definition) is 0. The maximum atomic E-state index is 13.0. The highest BCUT2D eigenvalue weighted by molar-refractivity contribution is 7.98. The second-order valence-corrected chi connectivity index (χ2v) is 11.2. The number of piperazine rings is 1. The van der Waals surface area contributed by atoms with Crippen LogP contribution in [-0.4, -0.2) is 62.4 Å². The molecule has 10 heteroatoms. The summed E-state index contributed by atoms with van der Waals surface area (Å²) in [4.78, 5) is 22.4. The molecule has 164 valence electrons. The molecule has 2 aromatic carbocycles. The second kappa shape index (κ2) is 9.13. The van der Waals surface area contributed by atoms with Crippen molar-refractivity contribution in [1.29, 1.82) is 0 Å². The normalized spacial score (nSPS) is 14.9. The molecule has 1 aliphatic rings. The number of thioether (sulfide) groups is 1. The van der Waals surface area contributed by atoms with Gasteiger partial charge in [-0.15, -0.1) is 11.8 Å². The van der Waals surface area contributed by atoms with Crippen LogP contribution in [0.5, 0.6) is 0 Å². The Morgan fingerprint density at radius 1 is 1.13 bits per heavy atom. The summed E-state index contributed by atoms with van der Waals surface area (Å²) in [6, 6.07) is 10.8. The number of aromatic nitrogens is 1. The number of fused-ring (bicyclic) bond motifs is 1. The van der Waals surface area contributed by atoms with Gasteiger partial charge in [-0.1, -0.05) is 17.4 Å². The SMILES string of the molecule is CSc1cccc2sc(N3CCN(C(=O)CCS(=O)(=O)c4ccc(F)cc4)CC3)nc12. The molecule has 0 bridgehead atoms. The zero-order valence-electron chi connectivity index (χ0n) is 17.0. The van der Waals surface area contributed by atoms with E-state index in [4.69, 9.17) is 4.98 Å². The van der Waals surface area contributed by atoms with E-state index >= 15 is 0 Å². The Balaban J connectivity index is 1.34. The molecule has 1 amide bonds. The van der Waals surface area contributed by atoms with Crippen LogP contribution < -0.4 is 4.90 Å². The van der Waals surface area contributed by atoms with Gasteiger partial charge in [0.15, 0.2) is 15.0 Å². The van der Waals surface area contributed by atoms with Gasteiger partial charge in [0.25, 0.3) is 0 Å². The molecule has 1 aromatic heterocycles. The average Bonchev–Trinajstić information content (AvgIpc) is 3.22. The molecular weight excluding hydrogens is 457 g/mol. The Hall–Kier alpha value is -2.17. The Bertz CT molecular complexity index is 1190. The second-order valence-electron chi connectivity index (χ2n) is 7.19. The van der Waals surface area contributed by atoms with Crippen LogP contribution in [0.15, 0.2) is 52.3 Å². The molecule has 1 fully saturated rings. The summed E-state index contributed by atoms with van der Waals surface area (Å²) >= 11 is 3.32. The number of para-hydroxylation sites is 1. The van der Waals surface area contributed by atoms with Gasteiger partial charge in [-0.05, 0) is 42.7 Å². The van der Waals surface area contributed by atoms with E-state index in [1.165, 1.54) is 12.1 Å². The van der Waals surface area contributed by atoms with E-state index < -0.39 is 15.7 Å². The van der Waals surface area contributed by atoms with Gasteiger partial charge >= 0.3 is 0 Å².